The van der Waals surface area contributed by atoms with E-state index in [1.165, 1.54) is 0 Å². The molecule has 0 aliphatic heterocycles. The standard InChI is InChI=1S/C13H16N2O3/c1-2-8-17-9-11-14-13(18-15-11)12(16)10-6-4-3-5-7-10/h3-7,12,16H,2,8-9H2,1H3. The lowest BCUT2D eigenvalue weighted by Gasteiger charge is -2.04. The summed E-state index contributed by atoms with van der Waals surface area (Å²) in [5, 5.41) is 13.8. The number of benzene rings is 1. The Labute approximate surface area is 105 Å². The quantitative estimate of drug-likeness (QED) is 0.793. The van der Waals surface area contributed by atoms with E-state index < -0.39 is 6.10 Å². The summed E-state index contributed by atoms with van der Waals surface area (Å²) in [6.45, 7) is 2.99. The van der Waals surface area contributed by atoms with Gasteiger partial charge in [-0.25, -0.2) is 0 Å². The molecule has 0 saturated heterocycles. The maximum atomic E-state index is 10.0. The molecule has 1 aromatic carbocycles. The van der Waals surface area contributed by atoms with Crippen LogP contribution in [0.3, 0.4) is 0 Å². The summed E-state index contributed by atoms with van der Waals surface area (Å²) in [7, 11) is 0. The van der Waals surface area contributed by atoms with E-state index in [2.05, 4.69) is 10.1 Å². The number of hydrogen-bond donors (Lipinski definition) is 1. The minimum absolute atomic E-state index is 0.191. The van der Waals surface area contributed by atoms with Gasteiger partial charge < -0.3 is 14.4 Å². The summed E-state index contributed by atoms with van der Waals surface area (Å²) in [5.74, 6) is 0.643. The molecule has 0 fully saturated rings. The SMILES string of the molecule is CCCOCc1noc(C(O)c2ccccc2)n1. The van der Waals surface area contributed by atoms with Crippen LogP contribution in [0.1, 0.15) is 36.7 Å². The second-order valence-corrected chi connectivity index (χ2v) is 3.91. The number of nitrogens with zero attached hydrogens (tertiary/aromatic N) is 2. The van der Waals surface area contributed by atoms with Crippen LogP contribution in [-0.2, 0) is 11.3 Å². The summed E-state index contributed by atoms with van der Waals surface area (Å²) in [5.41, 5.74) is 0.724. The van der Waals surface area contributed by atoms with Gasteiger partial charge in [0.15, 0.2) is 11.9 Å². The Morgan fingerprint density at radius 2 is 2.11 bits per heavy atom. The molecule has 0 aliphatic carbocycles. The molecular weight excluding hydrogens is 232 g/mol. The van der Waals surface area contributed by atoms with Crippen molar-refractivity contribution in [3.63, 3.8) is 0 Å². The molecule has 2 aromatic rings. The molecule has 0 amide bonds. The second-order valence-electron chi connectivity index (χ2n) is 3.91. The molecule has 2 rings (SSSR count). The molecule has 5 nitrogen and oxygen atoms in total. The zero-order valence-electron chi connectivity index (χ0n) is 10.2. The average molecular weight is 248 g/mol. The lowest BCUT2D eigenvalue weighted by atomic mass is 10.1. The minimum atomic E-state index is -0.890. The third-order valence-electron chi connectivity index (χ3n) is 2.41. The van der Waals surface area contributed by atoms with Crippen LogP contribution in [0.4, 0.5) is 0 Å². The van der Waals surface area contributed by atoms with Crippen molar-refractivity contribution in [2.75, 3.05) is 6.61 Å². The Balaban J connectivity index is 2.01. The van der Waals surface area contributed by atoms with Crippen LogP contribution in [0.15, 0.2) is 34.9 Å². The first-order chi connectivity index (χ1) is 8.81. The van der Waals surface area contributed by atoms with Crippen molar-refractivity contribution >= 4 is 0 Å². The number of aromatic nitrogens is 2. The molecule has 1 aromatic heterocycles. The predicted molar refractivity (Wildman–Crippen MR) is 64.7 cm³/mol. The molecule has 1 N–H and O–H groups in total. The minimum Gasteiger partial charge on any atom is -0.378 e. The highest BCUT2D eigenvalue weighted by atomic mass is 16.5. The van der Waals surface area contributed by atoms with Crippen LogP contribution in [0, 0.1) is 0 Å². The summed E-state index contributed by atoms with van der Waals surface area (Å²) in [6.07, 6.45) is 0.0517. The van der Waals surface area contributed by atoms with Gasteiger partial charge in [-0.05, 0) is 12.0 Å². The van der Waals surface area contributed by atoms with E-state index in [1.807, 2.05) is 37.3 Å². The third kappa shape index (κ3) is 3.15. The molecule has 0 radical (unpaired) electrons. The molecule has 0 bridgehead atoms. The first-order valence-electron chi connectivity index (χ1n) is 5.94. The van der Waals surface area contributed by atoms with Crippen molar-refractivity contribution in [2.45, 2.75) is 26.1 Å². The molecule has 5 heteroatoms. The Morgan fingerprint density at radius 3 is 2.83 bits per heavy atom. The third-order valence-corrected chi connectivity index (χ3v) is 2.41. The van der Waals surface area contributed by atoms with Gasteiger partial charge >= 0.3 is 0 Å². The van der Waals surface area contributed by atoms with Gasteiger partial charge in [0.1, 0.15) is 6.61 Å². The Bertz CT molecular complexity index is 470. The van der Waals surface area contributed by atoms with Gasteiger partial charge in [-0.2, -0.15) is 4.98 Å². The van der Waals surface area contributed by atoms with Gasteiger partial charge in [-0.3, -0.25) is 0 Å². The number of aliphatic hydroxyl groups is 1. The van der Waals surface area contributed by atoms with E-state index >= 15 is 0 Å². The van der Waals surface area contributed by atoms with Crippen molar-refractivity contribution in [3.05, 3.63) is 47.6 Å². The normalized spacial score (nSPS) is 12.6. The molecule has 0 saturated carbocycles. The topological polar surface area (TPSA) is 68.4 Å². The highest BCUT2D eigenvalue weighted by molar-refractivity contribution is 5.21. The number of hydrogen-bond acceptors (Lipinski definition) is 5. The molecule has 18 heavy (non-hydrogen) atoms. The van der Waals surface area contributed by atoms with E-state index in [0.29, 0.717) is 19.0 Å². The molecule has 1 atom stereocenters. The van der Waals surface area contributed by atoms with E-state index in [0.717, 1.165) is 12.0 Å². The number of rotatable bonds is 6. The molecule has 1 unspecified atom stereocenters. The fourth-order valence-electron chi connectivity index (χ4n) is 1.52. The van der Waals surface area contributed by atoms with Gasteiger partial charge in [0.2, 0.25) is 0 Å². The number of ether oxygens (including phenoxy) is 1. The van der Waals surface area contributed by atoms with E-state index in [-0.39, 0.29) is 5.89 Å². The van der Waals surface area contributed by atoms with Gasteiger partial charge in [-0.1, -0.05) is 42.4 Å². The molecular formula is C13H16N2O3. The first-order valence-corrected chi connectivity index (χ1v) is 5.94. The van der Waals surface area contributed by atoms with Crippen LogP contribution < -0.4 is 0 Å². The maximum Gasteiger partial charge on any atom is 0.260 e. The van der Waals surface area contributed by atoms with Crippen LogP contribution in [-0.4, -0.2) is 21.9 Å². The first kappa shape index (κ1) is 12.7. The van der Waals surface area contributed by atoms with Gasteiger partial charge in [0.25, 0.3) is 5.89 Å². The van der Waals surface area contributed by atoms with E-state index in [4.69, 9.17) is 9.26 Å². The molecule has 1 heterocycles. The molecule has 0 spiro atoms. The van der Waals surface area contributed by atoms with Crippen molar-refractivity contribution in [2.24, 2.45) is 0 Å². The summed E-state index contributed by atoms with van der Waals surface area (Å²) >= 11 is 0. The zero-order valence-corrected chi connectivity index (χ0v) is 10.2. The average Bonchev–Trinajstić information content (AvgIpc) is 2.88. The van der Waals surface area contributed by atoms with Crippen molar-refractivity contribution in [3.8, 4) is 0 Å². The summed E-state index contributed by atoms with van der Waals surface area (Å²) in [6, 6.07) is 9.19. The maximum absolute atomic E-state index is 10.0. The lowest BCUT2D eigenvalue weighted by molar-refractivity contribution is 0.114. The largest absolute Gasteiger partial charge is 0.378 e. The van der Waals surface area contributed by atoms with Crippen LogP contribution in [0.5, 0.6) is 0 Å². The van der Waals surface area contributed by atoms with Crippen LogP contribution in [0.2, 0.25) is 0 Å². The highest BCUT2D eigenvalue weighted by Crippen LogP contribution is 2.19. The lowest BCUT2D eigenvalue weighted by Crippen LogP contribution is -2.01. The molecule has 96 valence electrons. The van der Waals surface area contributed by atoms with Crippen molar-refractivity contribution in [1.29, 1.82) is 0 Å². The van der Waals surface area contributed by atoms with Crippen LogP contribution >= 0.6 is 0 Å². The summed E-state index contributed by atoms with van der Waals surface area (Å²) < 4.78 is 10.3. The van der Waals surface area contributed by atoms with Crippen LogP contribution in [0.25, 0.3) is 0 Å². The monoisotopic (exact) mass is 248 g/mol. The Morgan fingerprint density at radius 1 is 1.33 bits per heavy atom. The highest BCUT2D eigenvalue weighted by Gasteiger charge is 2.17. The Kier molecular flexibility index (Phi) is 4.44. The van der Waals surface area contributed by atoms with Gasteiger partial charge in [0, 0.05) is 6.61 Å². The van der Waals surface area contributed by atoms with E-state index in [1.54, 1.807) is 0 Å². The van der Waals surface area contributed by atoms with E-state index in [9.17, 15) is 5.11 Å². The second kappa shape index (κ2) is 6.28. The van der Waals surface area contributed by atoms with Gasteiger partial charge in [-0.15, -0.1) is 0 Å². The smallest absolute Gasteiger partial charge is 0.260 e. The van der Waals surface area contributed by atoms with Crippen molar-refractivity contribution in [1.82, 2.24) is 10.1 Å². The fraction of sp³-hybridized carbons (Fsp3) is 0.385. The predicted octanol–water partition coefficient (Wildman–Crippen LogP) is 2.08. The molecule has 0 aliphatic rings. The zero-order chi connectivity index (χ0) is 12.8. The van der Waals surface area contributed by atoms with Gasteiger partial charge in [0.05, 0.1) is 0 Å². The summed E-state index contributed by atoms with van der Waals surface area (Å²) in [4.78, 5) is 4.11. The Hall–Kier alpha value is -1.72. The number of aliphatic hydroxyl groups excluding tert-OH is 1. The fourth-order valence-corrected chi connectivity index (χ4v) is 1.52. The van der Waals surface area contributed by atoms with Crippen molar-refractivity contribution < 1.29 is 14.4 Å².